The molecule has 0 aromatic heterocycles. The second-order valence-electron chi connectivity index (χ2n) is 5.55. The number of hydrogen-bond donors (Lipinski definition) is 2. The summed E-state index contributed by atoms with van der Waals surface area (Å²) in [5.41, 5.74) is 6.05. The van der Waals surface area contributed by atoms with Gasteiger partial charge in [-0.05, 0) is 17.7 Å². The van der Waals surface area contributed by atoms with Crippen molar-refractivity contribution in [2.75, 3.05) is 5.73 Å². The van der Waals surface area contributed by atoms with Crippen molar-refractivity contribution in [1.29, 1.82) is 0 Å². The van der Waals surface area contributed by atoms with E-state index in [9.17, 15) is 18.4 Å². The van der Waals surface area contributed by atoms with E-state index < -0.39 is 11.6 Å². The molecule has 0 atom stereocenters. The molecular formula is C17H14F2N2O3. The third kappa shape index (κ3) is 3.34. The van der Waals surface area contributed by atoms with Crippen LogP contribution in [0.15, 0.2) is 36.4 Å². The summed E-state index contributed by atoms with van der Waals surface area (Å²) in [5.74, 6) is -2.28. The highest BCUT2D eigenvalue weighted by atomic mass is 19.1. The number of amides is 2. The van der Waals surface area contributed by atoms with Crippen molar-refractivity contribution in [2.24, 2.45) is 0 Å². The van der Waals surface area contributed by atoms with Gasteiger partial charge in [-0.1, -0.05) is 12.1 Å². The Balaban J connectivity index is 1.78. The first kappa shape index (κ1) is 15.9. The van der Waals surface area contributed by atoms with E-state index >= 15 is 0 Å². The van der Waals surface area contributed by atoms with E-state index in [0.29, 0.717) is 11.8 Å². The van der Waals surface area contributed by atoms with Crippen LogP contribution >= 0.6 is 0 Å². The third-order valence-electron chi connectivity index (χ3n) is 3.78. The van der Waals surface area contributed by atoms with E-state index in [1.807, 2.05) is 0 Å². The summed E-state index contributed by atoms with van der Waals surface area (Å²) in [7, 11) is 0. The lowest BCUT2D eigenvalue weighted by molar-refractivity contribution is -0.133. The van der Waals surface area contributed by atoms with Gasteiger partial charge in [0.15, 0.2) is 11.6 Å². The van der Waals surface area contributed by atoms with Crippen molar-refractivity contribution < 1.29 is 23.1 Å². The molecule has 1 fully saturated rings. The second kappa shape index (κ2) is 6.27. The Labute approximate surface area is 136 Å². The van der Waals surface area contributed by atoms with Crippen molar-refractivity contribution >= 4 is 17.5 Å². The molecule has 5 nitrogen and oxygen atoms in total. The molecule has 0 spiro atoms. The second-order valence-corrected chi connectivity index (χ2v) is 5.55. The van der Waals surface area contributed by atoms with Gasteiger partial charge in [0.05, 0.1) is 0 Å². The number of rotatable bonds is 3. The molecule has 0 bridgehead atoms. The molecule has 124 valence electrons. The molecule has 24 heavy (non-hydrogen) atoms. The molecule has 2 aromatic carbocycles. The van der Waals surface area contributed by atoms with Crippen LogP contribution < -0.4 is 15.8 Å². The normalized spacial score (nSPS) is 15.2. The van der Waals surface area contributed by atoms with Crippen molar-refractivity contribution in [3.63, 3.8) is 0 Å². The number of piperidine rings is 1. The zero-order valence-corrected chi connectivity index (χ0v) is 12.5. The van der Waals surface area contributed by atoms with Crippen LogP contribution in [0.2, 0.25) is 0 Å². The molecule has 0 aliphatic carbocycles. The summed E-state index contributed by atoms with van der Waals surface area (Å²) in [6.07, 6.45) is 0.460. The van der Waals surface area contributed by atoms with Gasteiger partial charge < -0.3 is 10.5 Å². The lowest BCUT2D eigenvalue weighted by Crippen LogP contribution is -2.37. The Kier molecular flexibility index (Phi) is 4.16. The van der Waals surface area contributed by atoms with Crippen LogP contribution in [0.5, 0.6) is 11.5 Å². The Hall–Kier alpha value is -2.96. The van der Waals surface area contributed by atoms with Gasteiger partial charge >= 0.3 is 0 Å². The van der Waals surface area contributed by atoms with E-state index in [0.717, 1.165) is 11.6 Å². The average molecular weight is 332 g/mol. The summed E-state index contributed by atoms with van der Waals surface area (Å²) in [6.45, 7) is 0. The molecule has 7 heteroatoms. The van der Waals surface area contributed by atoms with Crippen LogP contribution in [0, 0.1) is 11.6 Å². The summed E-state index contributed by atoms with van der Waals surface area (Å²) in [6, 6.07) is 8.27. The zero-order chi connectivity index (χ0) is 17.3. The van der Waals surface area contributed by atoms with Gasteiger partial charge in [-0.2, -0.15) is 0 Å². The number of ether oxygens (including phenoxy) is 1. The lowest BCUT2D eigenvalue weighted by atomic mass is 9.89. The first-order valence-electron chi connectivity index (χ1n) is 7.27. The minimum Gasteiger partial charge on any atom is -0.455 e. The summed E-state index contributed by atoms with van der Waals surface area (Å²) < 4.78 is 32.1. The van der Waals surface area contributed by atoms with Crippen LogP contribution in [0.1, 0.15) is 24.3 Å². The zero-order valence-electron chi connectivity index (χ0n) is 12.5. The number of hydrogen-bond acceptors (Lipinski definition) is 4. The number of benzene rings is 2. The highest BCUT2D eigenvalue weighted by Crippen LogP contribution is 2.32. The van der Waals surface area contributed by atoms with Crippen LogP contribution in [-0.2, 0) is 9.59 Å². The fourth-order valence-corrected chi connectivity index (χ4v) is 2.59. The van der Waals surface area contributed by atoms with Crippen molar-refractivity contribution in [2.45, 2.75) is 18.8 Å². The molecule has 2 amide bonds. The van der Waals surface area contributed by atoms with Crippen LogP contribution in [0.25, 0.3) is 0 Å². The van der Waals surface area contributed by atoms with E-state index in [1.54, 1.807) is 24.3 Å². The minimum absolute atomic E-state index is 0.118. The third-order valence-corrected chi connectivity index (χ3v) is 3.78. The van der Waals surface area contributed by atoms with E-state index in [4.69, 9.17) is 10.5 Å². The SMILES string of the molecule is Nc1c(F)cc(F)cc1Oc1ccc(C2CC(=O)NC(=O)C2)cc1. The van der Waals surface area contributed by atoms with E-state index in [1.165, 1.54) is 0 Å². The molecule has 2 aromatic rings. The van der Waals surface area contributed by atoms with E-state index in [-0.39, 0.29) is 42.0 Å². The monoisotopic (exact) mass is 332 g/mol. The average Bonchev–Trinajstić information content (AvgIpc) is 2.52. The number of anilines is 1. The van der Waals surface area contributed by atoms with Gasteiger partial charge in [-0.15, -0.1) is 0 Å². The molecule has 0 saturated carbocycles. The fourth-order valence-electron chi connectivity index (χ4n) is 2.59. The first-order valence-corrected chi connectivity index (χ1v) is 7.27. The summed E-state index contributed by atoms with van der Waals surface area (Å²) in [4.78, 5) is 22.9. The maximum absolute atomic E-state index is 13.4. The first-order chi connectivity index (χ1) is 11.4. The topological polar surface area (TPSA) is 81.4 Å². The summed E-state index contributed by atoms with van der Waals surface area (Å²) >= 11 is 0. The number of nitrogens with one attached hydrogen (secondary N) is 1. The number of carbonyl (C=O) groups is 2. The summed E-state index contributed by atoms with van der Waals surface area (Å²) in [5, 5.41) is 2.25. The molecular weight excluding hydrogens is 318 g/mol. The van der Waals surface area contributed by atoms with Crippen molar-refractivity contribution in [1.82, 2.24) is 5.32 Å². The van der Waals surface area contributed by atoms with E-state index in [2.05, 4.69) is 5.32 Å². The highest BCUT2D eigenvalue weighted by molar-refractivity contribution is 5.98. The van der Waals surface area contributed by atoms with Gasteiger partial charge in [0, 0.05) is 30.9 Å². The molecule has 3 rings (SSSR count). The van der Waals surface area contributed by atoms with Crippen LogP contribution in [0.4, 0.5) is 14.5 Å². The highest BCUT2D eigenvalue weighted by Gasteiger charge is 2.26. The Morgan fingerprint density at radius 3 is 2.29 bits per heavy atom. The maximum atomic E-state index is 13.4. The number of carbonyl (C=O) groups excluding carboxylic acids is 2. The van der Waals surface area contributed by atoms with Crippen molar-refractivity contribution in [3.05, 3.63) is 53.6 Å². The van der Waals surface area contributed by atoms with Gasteiger partial charge in [0.2, 0.25) is 11.8 Å². The Bertz CT molecular complexity index is 790. The van der Waals surface area contributed by atoms with Gasteiger partial charge in [-0.3, -0.25) is 14.9 Å². The predicted octanol–water partition coefficient (Wildman–Crippen LogP) is 2.86. The quantitative estimate of drug-likeness (QED) is 0.669. The number of nitrogen functional groups attached to an aromatic ring is 1. The fraction of sp³-hybridized carbons (Fsp3) is 0.176. The molecule has 1 aliphatic heterocycles. The largest absolute Gasteiger partial charge is 0.455 e. The lowest BCUT2D eigenvalue weighted by Gasteiger charge is -2.21. The Morgan fingerprint density at radius 2 is 1.67 bits per heavy atom. The number of nitrogens with two attached hydrogens (primary N) is 1. The predicted molar refractivity (Wildman–Crippen MR) is 82.4 cm³/mol. The van der Waals surface area contributed by atoms with Gasteiger partial charge in [0.25, 0.3) is 0 Å². The molecule has 3 N–H and O–H groups in total. The maximum Gasteiger partial charge on any atom is 0.227 e. The molecule has 1 aliphatic rings. The Morgan fingerprint density at radius 1 is 1.04 bits per heavy atom. The number of imide groups is 1. The molecule has 0 radical (unpaired) electrons. The van der Waals surface area contributed by atoms with Crippen LogP contribution in [0.3, 0.4) is 0 Å². The van der Waals surface area contributed by atoms with Gasteiger partial charge in [-0.25, -0.2) is 8.78 Å². The van der Waals surface area contributed by atoms with Crippen molar-refractivity contribution in [3.8, 4) is 11.5 Å². The number of halogens is 2. The molecule has 1 saturated heterocycles. The standard InChI is InChI=1S/C17H14F2N2O3/c18-11-7-13(19)17(20)14(8-11)24-12-3-1-9(2-4-12)10-5-15(22)21-16(23)6-10/h1-4,7-8,10H,5-6,20H2,(H,21,22,23). The minimum atomic E-state index is -0.895. The molecule has 1 heterocycles. The van der Waals surface area contributed by atoms with Gasteiger partial charge in [0.1, 0.15) is 17.3 Å². The van der Waals surface area contributed by atoms with Crippen LogP contribution in [-0.4, -0.2) is 11.8 Å². The molecule has 0 unspecified atom stereocenters. The smallest absolute Gasteiger partial charge is 0.227 e.